The van der Waals surface area contributed by atoms with Crippen LogP contribution in [-0.4, -0.2) is 10.1 Å². The van der Waals surface area contributed by atoms with Gasteiger partial charge in [-0.2, -0.15) is 0 Å². The maximum absolute atomic E-state index is 10.9. The van der Waals surface area contributed by atoms with Gasteiger partial charge in [-0.1, -0.05) is 60.1 Å². The van der Waals surface area contributed by atoms with Crippen LogP contribution >= 0.6 is 11.6 Å². The highest BCUT2D eigenvalue weighted by Gasteiger charge is 2.25. The minimum atomic E-state index is -0.686. The molecule has 0 aliphatic rings. The summed E-state index contributed by atoms with van der Waals surface area (Å²) in [6.45, 7) is 0. The molecule has 0 amide bonds. The Labute approximate surface area is 135 Å². The fraction of sp³-hybridized carbons (Fsp3) is 0.105. The summed E-state index contributed by atoms with van der Waals surface area (Å²) in [5, 5.41) is 11.6. The minimum Gasteiger partial charge on any atom is -0.387 e. The lowest BCUT2D eigenvalue weighted by atomic mass is 9.86. The van der Waals surface area contributed by atoms with Gasteiger partial charge in [-0.05, 0) is 35.4 Å². The van der Waals surface area contributed by atoms with Crippen LogP contribution in [0.15, 0.2) is 79.0 Å². The number of hydrogen-bond donors (Lipinski definition) is 1. The van der Waals surface area contributed by atoms with E-state index in [1.807, 2.05) is 60.7 Å². The van der Waals surface area contributed by atoms with E-state index in [-0.39, 0.29) is 5.92 Å². The zero-order valence-electron chi connectivity index (χ0n) is 11.9. The van der Waals surface area contributed by atoms with Gasteiger partial charge in [0.2, 0.25) is 0 Å². The normalized spacial score (nSPS) is 13.5. The SMILES string of the molecule is O[C@H](c1ccc(Cl)cc1)[C@@H](c1ccccc1)c1ccccn1. The van der Waals surface area contributed by atoms with Gasteiger partial charge >= 0.3 is 0 Å². The van der Waals surface area contributed by atoms with Crippen LogP contribution in [0.4, 0.5) is 0 Å². The lowest BCUT2D eigenvalue weighted by Crippen LogP contribution is -2.13. The Hall–Kier alpha value is -2.16. The van der Waals surface area contributed by atoms with Crippen molar-refractivity contribution in [2.45, 2.75) is 12.0 Å². The van der Waals surface area contributed by atoms with E-state index in [9.17, 15) is 5.11 Å². The van der Waals surface area contributed by atoms with Crippen LogP contribution in [0.1, 0.15) is 28.8 Å². The summed E-state index contributed by atoms with van der Waals surface area (Å²) in [7, 11) is 0. The average molecular weight is 310 g/mol. The fourth-order valence-corrected chi connectivity index (χ4v) is 2.71. The number of hydrogen-bond acceptors (Lipinski definition) is 2. The molecule has 3 heteroatoms. The third-order valence-electron chi connectivity index (χ3n) is 3.69. The zero-order chi connectivity index (χ0) is 15.4. The van der Waals surface area contributed by atoms with Crippen molar-refractivity contribution in [2.24, 2.45) is 0 Å². The molecule has 1 heterocycles. The van der Waals surface area contributed by atoms with Crippen LogP contribution in [0, 0.1) is 0 Å². The molecule has 2 aromatic carbocycles. The molecule has 1 aromatic heterocycles. The fourth-order valence-electron chi connectivity index (χ4n) is 2.59. The van der Waals surface area contributed by atoms with Crippen molar-refractivity contribution >= 4 is 11.6 Å². The van der Waals surface area contributed by atoms with Gasteiger partial charge in [-0.15, -0.1) is 0 Å². The van der Waals surface area contributed by atoms with Gasteiger partial charge in [0.1, 0.15) is 0 Å². The monoisotopic (exact) mass is 309 g/mol. The van der Waals surface area contributed by atoms with Gasteiger partial charge in [0.15, 0.2) is 0 Å². The molecule has 0 saturated heterocycles. The number of halogens is 1. The smallest absolute Gasteiger partial charge is 0.0914 e. The molecule has 22 heavy (non-hydrogen) atoms. The van der Waals surface area contributed by atoms with Crippen molar-refractivity contribution in [3.05, 3.63) is 101 Å². The van der Waals surface area contributed by atoms with E-state index in [4.69, 9.17) is 11.6 Å². The van der Waals surface area contributed by atoms with Crippen LogP contribution < -0.4 is 0 Å². The highest BCUT2D eigenvalue weighted by molar-refractivity contribution is 6.30. The third-order valence-corrected chi connectivity index (χ3v) is 3.94. The Balaban J connectivity index is 2.04. The second-order valence-electron chi connectivity index (χ2n) is 5.14. The first-order valence-corrected chi connectivity index (χ1v) is 7.53. The molecule has 0 unspecified atom stereocenters. The number of benzene rings is 2. The van der Waals surface area contributed by atoms with Gasteiger partial charge < -0.3 is 5.11 Å². The van der Waals surface area contributed by atoms with E-state index < -0.39 is 6.10 Å². The van der Waals surface area contributed by atoms with Gasteiger partial charge in [-0.25, -0.2) is 0 Å². The molecule has 0 spiro atoms. The van der Waals surface area contributed by atoms with Crippen molar-refractivity contribution in [1.29, 1.82) is 0 Å². The second kappa shape index (κ2) is 6.73. The van der Waals surface area contributed by atoms with E-state index in [1.54, 1.807) is 18.3 Å². The average Bonchev–Trinajstić information content (AvgIpc) is 2.57. The van der Waals surface area contributed by atoms with Gasteiger partial charge in [0, 0.05) is 11.2 Å². The number of pyridine rings is 1. The highest BCUT2D eigenvalue weighted by atomic mass is 35.5. The summed E-state index contributed by atoms with van der Waals surface area (Å²) in [5.41, 5.74) is 2.70. The Morgan fingerprint density at radius 2 is 1.45 bits per heavy atom. The first-order chi connectivity index (χ1) is 10.8. The van der Waals surface area contributed by atoms with Crippen LogP contribution in [0.25, 0.3) is 0 Å². The summed E-state index contributed by atoms with van der Waals surface area (Å²) in [6.07, 6.45) is 1.06. The van der Waals surface area contributed by atoms with E-state index in [0.29, 0.717) is 5.02 Å². The lowest BCUT2D eigenvalue weighted by molar-refractivity contribution is 0.157. The summed E-state index contributed by atoms with van der Waals surface area (Å²) < 4.78 is 0. The van der Waals surface area contributed by atoms with Gasteiger partial charge in [0.25, 0.3) is 0 Å². The molecular weight excluding hydrogens is 294 g/mol. The zero-order valence-corrected chi connectivity index (χ0v) is 12.7. The largest absolute Gasteiger partial charge is 0.387 e. The topological polar surface area (TPSA) is 33.1 Å². The molecule has 3 aromatic rings. The minimum absolute atomic E-state index is 0.219. The molecule has 110 valence electrons. The summed E-state index contributed by atoms with van der Waals surface area (Å²) in [6, 6.07) is 23.0. The number of aliphatic hydroxyl groups is 1. The number of aromatic nitrogens is 1. The van der Waals surface area contributed by atoms with Crippen LogP contribution in [0.3, 0.4) is 0 Å². The lowest BCUT2D eigenvalue weighted by Gasteiger charge is -2.23. The summed E-state index contributed by atoms with van der Waals surface area (Å²) in [4.78, 5) is 4.43. The van der Waals surface area contributed by atoms with Gasteiger partial charge in [0.05, 0.1) is 17.7 Å². The van der Waals surface area contributed by atoms with Crippen LogP contribution in [0.5, 0.6) is 0 Å². The van der Waals surface area contributed by atoms with Crippen molar-refractivity contribution in [3.63, 3.8) is 0 Å². The molecule has 1 N–H and O–H groups in total. The molecular formula is C19H16ClNO. The standard InChI is InChI=1S/C19H16ClNO/c20-16-11-9-15(10-12-16)19(22)18(14-6-2-1-3-7-14)17-8-4-5-13-21-17/h1-13,18-19,22H/t18-,19+/m0/s1. The predicted molar refractivity (Wildman–Crippen MR) is 88.9 cm³/mol. The molecule has 0 aliphatic heterocycles. The molecule has 0 saturated carbocycles. The molecule has 2 atom stereocenters. The predicted octanol–water partition coefficient (Wildman–Crippen LogP) is 4.60. The van der Waals surface area contributed by atoms with E-state index in [0.717, 1.165) is 16.8 Å². The summed E-state index contributed by atoms with van der Waals surface area (Å²) >= 11 is 5.94. The van der Waals surface area contributed by atoms with E-state index >= 15 is 0 Å². The Bertz CT molecular complexity index is 674. The highest BCUT2D eigenvalue weighted by Crippen LogP contribution is 2.35. The van der Waals surface area contributed by atoms with Crippen molar-refractivity contribution in [1.82, 2.24) is 4.98 Å². The van der Waals surface area contributed by atoms with E-state index in [2.05, 4.69) is 4.98 Å². The first-order valence-electron chi connectivity index (χ1n) is 7.15. The molecule has 2 nitrogen and oxygen atoms in total. The molecule has 0 fully saturated rings. The van der Waals surface area contributed by atoms with Crippen LogP contribution in [-0.2, 0) is 0 Å². The van der Waals surface area contributed by atoms with Crippen molar-refractivity contribution < 1.29 is 5.11 Å². The van der Waals surface area contributed by atoms with Crippen LogP contribution in [0.2, 0.25) is 5.02 Å². The Morgan fingerprint density at radius 3 is 2.09 bits per heavy atom. The first kappa shape index (κ1) is 14.8. The number of aliphatic hydroxyl groups excluding tert-OH is 1. The van der Waals surface area contributed by atoms with Crippen molar-refractivity contribution in [3.8, 4) is 0 Å². The Morgan fingerprint density at radius 1 is 0.773 bits per heavy atom. The van der Waals surface area contributed by atoms with Gasteiger partial charge in [-0.3, -0.25) is 4.98 Å². The summed E-state index contributed by atoms with van der Waals surface area (Å²) in [5.74, 6) is -0.219. The Kier molecular flexibility index (Phi) is 4.52. The number of rotatable bonds is 4. The molecule has 0 bridgehead atoms. The van der Waals surface area contributed by atoms with Crippen molar-refractivity contribution in [2.75, 3.05) is 0 Å². The molecule has 0 aliphatic carbocycles. The maximum atomic E-state index is 10.9. The maximum Gasteiger partial charge on any atom is 0.0914 e. The number of nitrogens with zero attached hydrogens (tertiary/aromatic N) is 1. The van der Waals surface area contributed by atoms with E-state index in [1.165, 1.54) is 0 Å². The second-order valence-corrected chi connectivity index (χ2v) is 5.58. The molecule has 3 rings (SSSR count). The quantitative estimate of drug-likeness (QED) is 0.764. The third kappa shape index (κ3) is 3.19. The molecule has 0 radical (unpaired) electrons.